The van der Waals surface area contributed by atoms with Gasteiger partial charge in [-0.05, 0) is 40.3 Å². The number of nitrogens with one attached hydrogen (secondary N) is 1. The van der Waals surface area contributed by atoms with E-state index in [0.29, 0.717) is 16.8 Å². The van der Waals surface area contributed by atoms with E-state index in [1.54, 1.807) is 18.2 Å². The number of anilines is 1. The van der Waals surface area contributed by atoms with Crippen molar-refractivity contribution in [3.8, 4) is 0 Å². The number of amides is 1. The molecule has 1 N–H and O–H groups in total. The van der Waals surface area contributed by atoms with Gasteiger partial charge in [0.25, 0.3) is 5.91 Å². The minimum absolute atomic E-state index is 0.0338. The predicted molar refractivity (Wildman–Crippen MR) is 105 cm³/mol. The van der Waals surface area contributed by atoms with Crippen LogP contribution in [-0.2, 0) is 20.0 Å². The molecular weight excluding hydrogens is 346 g/mol. The van der Waals surface area contributed by atoms with Crippen molar-refractivity contribution in [1.82, 2.24) is 0 Å². The second kappa shape index (κ2) is 6.25. The second-order valence-corrected chi connectivity index (χ2v) is 9.16. The fourth-order valence-electron chi connectivity index (χ4n) is 2.74. The first-order valence-electron chi connectivity index (χ1n) is 8.26. The number of benzene rings is 2. The molecule has 3 rings (SSSR count). The van der Waals surface area contributed by atoms with E-state index in [9.17, 15) is 13.2 Å². The fraction of sp³-hybridized carbons (Fsp3) is 0.190. The van der Waals surface area contributed by atoms with E-state index in [0.717, 1.165) is 5.56 Å². The van der Waals surface area contributed by atoms with Crippen LogP contribution >= 0.6 is 0 Å². The van der Waals surface area contributed by atoms with Crippen molar-refractivity contribution in [3.63, 3.8) is 0 Å². The summed E-state index contributed by atoms with van der Waals surface area (Å²) < 4.78 is 23.9. The number of sulfone groups is 1. The lowest BCUT2D eigenvalue weighted by molar-refractivity contribution is -0.111. The molecule has 0 bridgehead atoms. The molecule has 1 amide bonds. The maximum Gasteiger partial charge on any atom is 0.255 e. The summed E-state index contributed by atoms with van der Waals surface area (Å²) in [5.74, 6) is -0.364. The lowest BCUT2D eigenvalue weighted by atomic mass is 9.86. The maximum absolute atomic E-state index is 12.5. The molecule has 4 nitrogen and oxygen atoms in total. The maximum atomic E-state index is 12.5. The van der Waals surface area contributed by atoms with Crippen molar-refractivity contribution in [2.45, 2.75) is 31.1 Å². The van der Waals surface area contributed by atoms with Gasteiger partial charge in [0.15, 0.2) is 0 Å². The van der Waals surface area contributed by atoms with E-state index in [1.807, 2.05) is 24.3 Å². The summed E-state index contributed by atoms with van der Waals surface area (Å²) in [7, 11) is -3.41. The summed E-state index contributed by atoms with van der Waals surface area (Å²) in [6.07, 6.45) is 1.55. The van der Waals surface area contributed by atoms with Crippen LogP contribution in [0, 0.1) is 0 Å². The van der Waals surface area contributed by atoms with Gasteiger partial charge in [-0.3, -0.25) is 4.79 Å². The zero-order valence-corrected chi connectivity index (χ0v) is 15.9. The summed E-state index contributed by atoms with van der Waals surface area (Å²) in [5.41, 5.74) is 3.31. The SMILES string of the molecule is C=C(C(=O)Nc1ccc2c(c1)S(=O)(=O)C=C2)c1ccc(C(C)(C)C)cc1. The Balaban J connectivity index is 1.78. The van der Waals surface area contributed by atoms with Gasteiger partial charge < -0.3 is 5.32 Å². The molecule has 0 aromatic heterocycles. The van der Waals surface area contributed by atoms with E-state index in [-0.39, 0.29) is 16.2 Å². The van der Waals surface area contributed by atoms with Crippen LogP contribution in [0.2, 0.25) is 0 Å². The predicted octanol–water partition coefficient (Wildman–Crippen LogP) is 4.39. The van der Waals surface area contributed by atoms with E-state index in [4.69, 9.17) is 0 Å². The summed E-state index contributed by atoms with van der Waals surface area (Å²) in [5, 5.41) is 3.89. The number of hydrogen-bond acceptors (Lipinski definition) is 3. The number of hydrogen-bond donors (Lipinski definition) is 1. The van der Waals surface area contributed by atoms with Crippen molar-refractivity contribution in [1.29, 1.82) is 0 Å². The molecule has 0 atom stereocenters. The molecule has 26 heavy (non-hydrogen) atoms. The molecule has 134 valence electrons. The highest BCUT2D eigenvalue weighted by atomic mass is 32.2. The molecule has 2 aromatic rings. The molecule has 0 spiro atoms. The van der Waals surface area contributed by atoms with Crippen LogP contribution in [0.4, 0.5) is 5.69 Å². The number of carbonyl (C=O) groups excluding carboxylic acids is 1. The van der Waals surface area contributed by atoms with E-state index < -0.39 is 9.84 Å². The number of fused-ring (bicyclic) bond motifs is 1. The summed E-state index contributed by atoms with van der Waals surface area (Å²) >= 11 is 0. The quantitative estimate of drug-likeness (QED) is 0.818. The summed E-state index contributed by atoms with van der Waals surface area (Å²) in [4.78, 5) is 12.7. The second-order valence-electron chi connectivity index (χ2n) is 7.36. The van der Waals surface area contributed by atoms with Crippen LogP contribution < -0.4 is 5.32 Å². The molecule has 0 aliphatic carbocycles. The van der Waals surface area contributed by atoms with Gasteiger partial charge in [0.2, 0.25) is 9.84 Å². The largest absolute Gasteiger partial charge is 0.322 e. The van der Waals surface area contributed by atoms with Crippen LogP contribution in [0.15, 0.2) is 59.3 Å². The smallest absolute Gasteiger partial charge is 0.255 e. The minimum Gasteiger partial charge on any atom is -0.322 e. The van der Waals surface area contributed by atoms with Gasteiger partial charge in [0.05, 0.1) is 4.90 Å². The highest BCUT2D eigenvalue weighted by Crippen LogP contribution is 2.30. The summed E-state index contributed by atoms with van der Waals surface area (Å²) in [6.45, 7) is 10.2. The monoisotopic (exact) mass is 367 g/mol. The van der Waals surface area contributed by atoms with Crippen LogP contribution in [0.3, 0.4) is 0 Å². The van der Waals surface area contributed by atoms with E-state index in [1.165, 1.54) is 17.0 Å². The van der Waals surface area contributed by atoms with Crippen molar-refractivity contribution in [3.05, 3.63) is 71.1 Å². The Labute approximate surface area is 154 Å². The Morgan fingerprint density at radius 2 is 1.69 bits per heavy atom. The minimum atomic E-state index is -3.41. The third-order valence-electron chi connectivity index (χ3n) is 4.38. The van der Waals surface area contributed by atoms with Crippen molar-refractivity contribution >= 4 is 33.1 Å². The van der Waals surface area contributed by atoms with Crippen molar-refractivity contribution in [2.24, 2.45) is 0 Å². The molecule has 5 heteroatoms. The highest BCUT2D eigenvalue weighted by Gasteiger charge is 2.21. The highest BCUT2D eigenvalue weighted by molar-refractivity contribution is 7.94. The first-order chi connectivity index (χ1) is 12.1. The van der Waals surface area contributed by atoms with Gasteiger partial charge in [-0.1, -0.05) is 57.7 Å². The zero-order valence-electron chi connectivity index (χ0n) is 15.0. The lowest BCUT2D eigenvalue weighted by Gasteiger charge is -2.19. The molecular formula is C21H21NO3S. The molecule has 1 heterocycles. The number of carbonyl (C=O) groups is 1. The Morgan fingerprint density at radius 3 is 2.31 bits per heavy atom. The Kier molecular flexibility index (Phi) is 4.36. The van der Waals surface area contributed by atoms with Gasteiger partial charge >= 0.3 is 0 Å². The van der Waals surface area contributed by atoms with Crippen molar-refractivity contribution in [2.75, 3.05) is 5.32 Å². The fourth-order valence-corrected chi connectivity index (χ4v) is 3.97. The van der Waals surface area contributed by atoms with E-state index in [2.05, 4.69) is 32.7 Å². The average molecular weight is 367 g/mol. The average Bonchev–Trinajstić information content (AvgIpc) is 2.88. The van der Waals surface area contributed by atoms with Crippen LogP contribution in [-0.4, -0.2) is 14.3 Å². The van der Waals surface area contributed by atoms with Gasteiger partial charge in [-0.25, -0.2) is 8.42 Å². The van der Waals surface area contributed by atoms with Gasteiger partial charge in [0.1, 0.15) is 0 Å². The van der Waals surface area contributed by atoms with E-state index >= 15 is 0 Å². The van der Waals surface area contributed by atoms with Crippen molar-refractivity contribution < 1.29 is 13.2 Å². The third-order valence-corrected chi connectivity index (χ3v) is 5.84. The zero-order chi connectivity index (χ0) is 19.1. The van der Waals surface area contributed by atoms with Crippen LogP contribution in [0.25, 0.3) is 11.6 Å². The topological polar surface area (TPSA) is 63.2 Å². The molecule has 0 fully saturated rings. The van der Waals surface area contributed by atoms with Gasteiger partial charge in [-0.2, -0.15) is 0 Å². The first kappa shape index (κ1) is 18.1. The molecule has 0 saturated carbocycles. The molecule has 1 aliphatic rings. The first-order valence-corrected chi connectivity index (χ1v) is 9.81. The van der Waals surface area contributed by atoms with Gasteiger partial charge in [0, 0.05) is 16.7 Å². The Morgan fingerprint density at radius 1 is 1.04 bits per heavy atom. The Bertz CT molecular complexity index is 1020. The number of rotatable bonds is 3. The molecule has 0 unspecified atom stereocenters. The third kappa shape index (κ3) is 3.48. The van der Waals surface area contributed by atoms with Gasteiger partial charge in [-0.15, -0.1) is 0 Å². The summed E-state index contributed by atoms with van der Waals surface area (Å²) in [6, 6.07) is 12.5. The Hall–Kier alpha value is -2.66. The molecule has 0 radical (unpaired) electrons. The molecule has 1 aliphatic heterocycles. The lowest BCUT2D eigenvalue weighted by Crippen LogP contribution is -2.14. The normalized spacial score (nSPS) is 14.7. The van der Waals surface area contributed by atoms with Crippen LogP contribution in [0.5, 0.6) is 0 Å². The van der Waals surface area contributed by atoms with Crippen LogP contribution in [0.1, 0.15) is 37.5 Å². The molecule has 2 aromatic carbocycles. The standard InChI is InChI=1S/C21H21NO3S/c1-14(15-5-8-17(9-6-15)21(2,3)4)20(23)22-18-10-7-16-11-12-26(24,25)19(16)13-18/h5-13H,1H2,2-4H3,(H,22,23). The molecule has 0 saturated heterocycles.